The molecule has 0 bridgehead atoms. The molecule has 7 aromatic rings. The largest absolute Gasteiger partial charge is 0.493 e. The van der Waals surface area contributed by atoms with Crippen LogP contribution in [0, 0.1) is 13.8 Å². The highest BCUT2D eigenvalue weighted by molar-refractivity contribution is 7.17. The van der Waals surface area contributed by atoms with Crippen LogP contribution in [-0.4, -0.2) is 44.5 Å². The van der Waals surface area contributed by atoms with Gasteiger partial charge in [-0.05, 0) is 53.4 Å². The molecule has 0 radical (unpaired) electrons. The number of hydrogen-bond acceptors (Lipinski definition) is 13. The molecule has 0 spiro atoms. The summed E-state index contributed by atoms with van der Waals surface area (Å²) in [6.45, 7) is 4.62. The lowest BCUT2D eigenvalue weighted by Crippen LogP contribution is -2.04. The Morgan fingerprint density at radius 3 is 1.98 bits per heavy atom. The number of ether oxygens (including phenoxy) is 2. The molecule has 6 aromatic heterocycles. The minimum atomic E-state index is 0.454. The maximum Gasteiger partial charge on any atom is 0.204 e. The summed E-state index contributed by atoms with van der Waals surface area (Å²) in [6, 6.07) is 9.28. The third kappa shape index (κ3) is 5.87. The SMILES string of the molecule is COc1ccc(CNc2nc(-c3ccno3)nc3scc(C)c23)cc1OC.Cc1csc2nc(-c3ccno3)nc(Cl)c12. The first-order valence-corrected chi connectivity index (χ1v) is 15.0. The quantitative estimate of drug-likeness (QED) is 0.174. The van der Waals surface area contributed by atoms with Crippen molar-refractivity contribution >= 4 is 60.5 Å². The molecule has 1 aromatic carbocycles. The van der Waals surface area contributed by atoms with E-state index in [0.717, 1.165) is 42.9 Å². The maximum absolute atomic E-state index is 6.12. The van der Waals surface area contributed by atoms with E-state index in [1.807, 2.05) is 30.5 Å². The summed E-state index contributed by atoms with van der Waals surface area (Å²) < 4.78 is 20.9. The van der Waals surface area contributed by atoms with Crippen LogP contribution in [0.3, 0.4) is 0 Å². The van der Waals surface area contributed by atoms with Crippen molar-refractivity contribution in [3.8, 4) is 34.7 Å². The van der Waals surface area contributed by atoms with Crippen molar-refractivity contribution in [2.24, 2.45) is 0 Å². The van der Waals surface area contributed by atoms with E-state index in [2.05, 4.69) is 47.9 Å². The minimum absolute atomic E-state index is 0.454. The molecule has 0 saturated carbocycles. The third-order valence-corrected chi connectivity index (χ3v) is 8.67. The van der Waals surface area contributed by atoms with Crippen molar-refractivity contribution in [1.29, 1.82) is 0 Å². The average molecular weight is 634 g/mol. The molecule has 0 amide bonds. The Kier molecular flexibility index (Phi) is 8.18. The van der Waals surface area contributed by atoms with Gasteiger partial charge in [-0.15, -0.1) is 22.7 Å². The van der Waals surface area contributed by atoms with Gasteiger partial charge in [-0.25, -0.2) is 19.9 Å². The molecule has 0 fully saturated rings. The van der Waals surface area contributed by atoms with E-state index in [4.69, 9.17) is 30.1 Å². The number of nitrogens with zero attached hydrogens (tertiary/aromatic N) is 6. The summed E-state index contributed by atoms with van der Waals surface area (Å²) >= 11 is 9.24. The molecule has 0 aliphatic rings. The number of benzene rings is 1. The summed E-state index contributed by atoms with van der Waals surface area (Å²) in [7, 11) is 3.25. The Hall–Kier alpha value is -4.59. The van der Waals surface area contributed by atoms with E-state index in [1.165, 1.54) is 0 Å². The first-order valence-electron chi connectivity index (χ1n) is 12.9. The number of fused-ring (bicyclic) bond motifs is 2. The van der Waals surface area contributed by atoms with Crippen LogP contribution in [-0.2, 0) is 6.54 Å². The van der Waals surface area contributed by atoms with Gasteiger partial charge in [0.1, 0.15) is 20.6 Å². The van der Waals surface area contributed by atoms with Crippen LogP contribution in [0.1, 0.15) is 16.7 Å². The molecule has 0 aliphatic carbocycles. The minimum Gasteiger partial charge on any atom is -0.493 e. The molecule has 0 unspecified atom stereocenters. The van der Waals surface area contributed by atoms with Crippen LogP contribution in [0.4, 0.5) is 5.82 Å². The summed E-state index contributed by atoms with van der Waals surface area (Å²) in [5.41, 5.74) is 3.27. The summed E-state index contributed by atoms with van der Waals surface area (Å²) in [5, 5.41) is 17.2. The second-order valence-electron chi connectivity index (χ2n) is 9.23. The first kappa shape index (κ1) is 28.5. The third-order valence-electron chi connectivity index (χ3n) is 6.42. The van der Waals surface area contributed by atoms with E-state index in [9.17, 15) is 0 Å². The fourth-order valence-electron chi connectivity index (χ4n) is 4.30. The van der Waals surface area contributed by atoms with E-state index in [1.54, 1.807) is 61.4 Å². The van der Waals surface area contributed by atoms with Crippen LogP contribution >= 0.6 is 34.3 Å². The molecular weight excluding hydrogens is 610 g/mol. The lowest BCUT2D eigenvalue weighted by atomic mass is 10.2. The van der Waals surface area contributed by atoms with E-state index in [-0.39, 0.29) is 0 Å². The van der Waals surface area contributed by atoms with Crippen LogP contribution in [0.25, 0.3) is 43.6 Å². The highest BCUT2D eigenvalue weighted by Crippen LogP contribution is 2.33. The summed E-state index contributed by atoms with van der Waals surface area (Å²) in [4.78, 5) is 19.6. The number of halogens is 1. The molecule has 0 aliphatic heterocycles. The molecular formula is C29H24ClN7O4S2. The predicted octanol–water partition coefficient (Wildman–Crippen LogP) is 7.59. The van der Waals surface area contributed by atoms with Crippen LogP contribution < -0.4 is 14.8 Å². The van der Waals surface area contributed by atoms with Gasteiger partial charge < -0.3 is 23.8 Å². The van der Waals surface area contributed by atoms with E-state index < -0.39 is 0 Å². The second kappa shape index (κ2) is 12.3. The fraction of sp³-hybridized carbons (Fsp3) is 0.172. The molecule has 14 heteroatoms. The van der Waals surface area contributed by atoms with Crippen molar-refractivity contribution in [3.63, 3.8) is 0 Å². The Labute approximate surface area is 258 Å². The van der Waals surface area contributed by atoms with Gasteiger partial charge in [0.05, 0.1) is 37.4 Å². The molecule has 11 nitrogen and oxygen atoms in total. The smallest absolute Gasteiger partial charge is 0.204 e. The zero-order valence-corrected chi connectivity index (χ0v) is 25.8. The van der Waals surface area contributed by atoms with Crippen molar-refractivity contribution in [2.45, 2.75) is 20.4 Å². The molecule has 43 heavy (non-hydrogen) atoms. The molecule has 218 valence electrons. The maximum atomic E-state index is 6.12. The van der Waals surface area contributed by atoms with Gasteiger partial charge in [0, 0.05) is 18.7 Å². The number of rotatable bonds is 7. The second-order valence-corrected chi connectivity index (χ2v) is 11.3. The fourth-order valence-corrected chi connectivity index (χ4v) is 6.52. The van der Waals surface area contributed by atoms with Crippen molar-refractivity contribution in [3.05, 3.63) is 75.3 Å². The topological polar surface area (TPSA) is 134 Å². The number of methoxy groups -OCH3 is 2. The van der Waals surface area contributed by atoms with E-state index >= 15 is 0 Å². The predicted molar refractivity (Wildman–Crippen MR) is 167 cm³/mol. The Morgan fingerprint density at radius 1 is 0.767 bits per heavy atom. The van der Waals surface area contributed by atoms with Gasteiger partial charge in [0.25, 0.3) is 0 Å². The lowest BCUT2D eigenvalue weighted by molar-refractivity contribution is 0.354. The van der Waals surface area contributed by atoms with Crippen molar-refractivity contribution < 1.29 is 18.5 Å². The Morgan fingerprint density at radius 2 is 1.37 bits per heavy atom. The van der Waals surface area contributed by atoms with E-state index in [0.29, 0.717) is 46.4 Å². The highest BCUT2D eigenvalue weighted by Gasteiger charge is 2.16. The average Bonchev–Trinajstić information content (AvgIpc) is 3.85. The van der Waals surface area contributed by atoms with Crippen molar-refractivity contribution in [1.82, 2.24) is 30.2 Å². The number of aryl methyl sites for hydroxylation is 2. The van der Waals surface area contributed by atoms with Gasteiger partial charge in [-0.1, -0.05) is 28.0 Å². The Balaban J connectivity index is 0.000000174. The summed E-state index contributed by atoms with van der Waals surface area (Å²) in [6.07, 6.45) is 3.13. The van der Waals surface area contributed by atoms with Gasteiger partial charge in [-0.3, -0.25) is 0 Å². The number of anilines is 1. The normalized spacial score (nSPS) is 11.0. The zero-order chi connectivity index (χ0) is 29.9. The Bertz CT molecular complexity index is 2010. The summed E-state index contributed by atoms with van der Waals surface area (Å²) in [5.74, 6) is 4.20. The van der Waals surface area contributed by atoms with Gasteiger partial charge >= 0.3 is 0 Å². The molecule has 7 rings (SSSR count). The monoisotopic (exact) mass is 633 g/mol. The number of nitrogens with one attached hydrogen (secondary N) is 1. The van der Waals surface area contributed by atoms with Crippen LogP contribution in [0.2, 0.25) is 5.15 Å². The number of aromatic nitrogens is 6. The van der Waals surface area contributed by atoms with Gasteiger partial charge in [0.15, 0.2) is 11.5 Å². The molecule has 0 atom stereocenters. The highest BCUT2D eigenvalue weighted by atomic mass is 35.5. The zero-order valence-electron chi connectivity index (χ0n) is 23.4. The van der Waals surface area contributed by atoms with Crippen molar-refractivity contribution in [2.75, 3.05) is 19.5 Å². The first-order chi connectivity index (χ1) is 20.9. The van der Waals surface area contributed by atoms with Crippen LogP contribution in [0.5, 0.6) is 11.5 Å². The van der Waals surface area contributed by atoms with Crippen LogP contribution in [0.15, 0.2) is 62.5 Å². The van der Waals surface area contributed by atoms with Gasteiger partial charge in [-0.2, -0.15) is 0 Å². The molecule has 0 saturated heterocycles. The lowest BCUT2D eigenvalue weighted by Gasteiger charge is -2.12. The molecule has 1 N–H and O–H groups in total. The van der Waals surface area contributed by atoms with Gasteiger partial charge in [0.2, 0.25) is 23.2 Å². The standard InChI is InChI=1S/C19H18N4O3S.C10H6ClN3OS/c1-11-10-27-19-16(11)18(22-17(23-19)14-6-7-21-26-14)20-9-12-4-5-13(24-2)15(8-12)25-3;1-5-4-16-10-7(5)8(11)13-9(14-10)6-2-3-12-15-6/h4-8,10H,9H2,1-3H3,(H,20,22,23);2-4H,1H3. The number of thiophene rings is 2. The molecule has 6 heterocycles. The number of hydrogen-bond donors (Lipinski definition) is 1.